The molecule has 0 radical (unpaired) electrons. The third kappa shape index (κ3) is 7.55. The monoisotopic (exact) mass is 364 g/mol. The van der Waals surface area contributed by atoms with Crippen molar-refractivity contribution >= 4 is 17.8 Å². The molecule has 7 nitrogen and oxygen atoms in total. The van der Waals surface area contributed by atoms with Crippen LogP contribution in [0.3, 0.4) is 0 Å². The fourth-order valence-corrected chi connectivity index (χ4v) is 2.26. The molecule has 0 aliphatic heterocycles. The highest BCUT2D eigenvalue weighted by atomic mass is 16.5. The molecule has 0 aliphatic carbocycles. The normalized spacial score (nSPS) is 11.7. The number of nitrogens with one attached hydrogen (secondary N) is 1. The quantitative estimate of drug-likeness (QED) is 0.659. The predicted molar refractivity (Wildman–Crippen MR) is 98.0 cm³/mol. The zero-order chi connectivity index (χ0) is 19.7. The molecule has 2 amide bonds. The molecule has 0 aromatic heterocycles. The predicted octanol–water partition coefficient (Wildman–Crippen LogP) is 1.70. The maximum atomic E-state index is 12.6. The fourth-order valence-electron chi connectivity index (χ4n) is 2.26. The second-order valence-corrected chi connectivity index (χ2v) is 6.61. The Balaban J connectivity index is 2.72. The number of carbonyl (C=O) groups excluding carboxylic acids is 2. The van der Waals surface area contributed by atoms with Gasteiger partial charge in [-0.3, -0.25) is 9.59 Å². The van der Waals surface area contributed by atoms with Gasteiger partial charge >= 0.3 is 5.97 Å². The molecule has 1 aromatic carbocycles. The van der Waals surface area contributed by atoms with Crippen molar-refractivity contribution in [2.24, 2.45) is 5.92 Å². The Morgan fingerprint density at radius 1 is 1.15 bits per heavy atom. The first-order valence-corrected chi connectivity index (χ1v) is 8.69. The van der Waals surface area contributed by atoms with Crippen LogP contribution in [0.25, 0.3) is 0 Å². The van der Waals surface area contributed by atoms with Crippen molar-refractivity contribution in [1.82, 2.24) is 10.2 Å². The first-order valence-electron chi connectivity index (χ1n) is 8.69. The molecule has 0 saturated heterocycles. The third-order valence-corrected chi connectivity index (χ3v) is 3.73. The molecule has 0 aliphatic rings. The Morgan fingerprint density at radius 2 is 1.77 bits per heavy atom. The molecule has 0 spiro atoms. The van der Waals surface area contributed by atoms with Gasteiger partial charge in [0.25, 0.3) is 0 Å². The van der Waals surface area contributed by atoms with Crippen LogP contribution in [-0.2, 0) is 20.8 Å². The number of ether oxygens (including phenoxy) is 1. The van der Waals surface area contributed by atoms with Gasteiger partial charge in [0, 0.05) is 20.0 Å². The van der Waals surface area contributed by atoms with Crippen LogP contribution < -0.4 is 10.1 Å². The Kier molecular flexibility index (Phi) is 8.61. The van der Waals surface area contributed by atoms with Gasteiger partial charge in [-0.2, -0.15) is 0 Å². The van der Waals surface area contributed by atoms with E-state index in [-0.39, 0.29) is 31.3 Å². The first-order chi connectivity index (χ1) is 12.2. The summed E-state index contributed by atoms with van der Waals surface area (Å²) in [6, 6.07) is 6.22. The lowest BCUT2D eigenvalue weighted by atomic mass is 10.1. The van der Waals surface area contributed by atoms with Gasteiger partial charge < -0.3 is 20.1 Å². The number of benzene rings is 1. The summed E-state index contributed by atoms with van der Waals surface area (Å²) in [5, 5.41) is 11.8. The van der Waals surface area contributed by atoms with Gasteiger partial charge in [-0.25, -0.2) is 4.79 Å². The van der Waals surface area contributed by atoms with Crippen LogP contribution >= 0.6 is 0 Å². The summed E-state index contributed by atoms with van der Waals surface area (Å²) >= 11 is 0. The molecule has 144 valence electrons. The van der Waals surface area contributed by atoms with Gasteiger partial charge in [-0.05, 0) is 30.5 Å². The highest BCUT2D eigenvalue weighted by molar-refractivity contribution is 5.84. The number of carboxylic acid groups (broad SMARTS) is 1. The molecule has 0 fully saturated rings. The highest BCUT2D eigenvalue weighted by Crippen LogP contribution is 2.15. The highest BCUT2D eigenvalue weighted by Gasteiger charge is 2.25. The van der Waals surface area contributed by atoms with Crippen molar-refractivity contribution in [2.45, 2.75) is 40.2 Å². The van der Waals surface area contributed by atoms with Crippen LogP contribution in [0.4, 0.5) is 0 Å². The number of carbonyl (C=O) groups is 3. The Labute approximate surface area is 154 Å². The molecule has 0 bridgehead atoms. The second kappa shape index (κ2) is 10.4. The SMILES string of the molecule is CC(=O)NCCN(C(=O)Cc1ccc(OCC(C)C)cc1)C(C)C(=O)O. The van der Waals surface area contributed by atoms with E-state index in [0.717, 1.165) is 11.3 Å². The van der Waals surface area contributed by atoms with E-state index < -0.39 is 12.0 Å². The summed E-state index contributed by atoms with van der Waals surface area (Å²) in [5.41, 5.74) is 0.772. The number of rotatable bonds is 10. The summed E-state index contributed by atoms with van der Waals surface area (Å²) in [7, 11) is 0. The zero-order valence-corrected chi connectivity index (χ0v) is 15.8. The van der Waals surface area contributed by atoms with E-state index in [0.29, 0.717) is 12.5 Å². The van der Waals surface area contributed by atoms with Crippen LogP contribution in [0.15, 0.2) is 24.3 Å². The summed E-state index contributed by atoms with van der Waals surface area (Å²) in [6.45, 7) is 7.92. The van der Waals surface area contributed by atoms with Crippen molar-refractivity contribution in [2.75, 3.05) is 19.7 Å². The molecule has 1 atom stereocenters. The first kappa shape index (κ1) is 21.5. The summed E-state index contributed by atoms with van der Waals surface area (Å²) < 4.78 is 5.61. The van der Waals surface area contributed by atoms with Crippen LogP contribution in [0.5, 0.6) is 5.75 Å². The summed E-state index contributed by atoms with van der Waals surface area (Å²) in [6.07, 6.45) is 0.0855. The van der Waals surface area contributed by atoms with Crippen LogP contribution in [0, 0.1) is 5.92 Å². The van der Waals surface area contributed by atoms with E-state index in [9.17, 15) is 19.5 Å². The maximum absolute atomic E-state index is 12.6. The second-order valence-electron chi connectivity index (χ2n) is 6.61. The number of carboxylic acids is 1. The molecule has 7 heteroatoms. The Bertz CT molecular complexity index is 613. The minimum Gasteiger partial charge on any atom is -0.493 e. The minimum absolute atomic E-state index is 0.0855. The van der Waals surface area contributed by atoms with E-state index >= 15 is 0 Å². The molecule has 0 heterocycles. The molecular weight excluding hydrogens is 336 g/mol. The fraction of sp³-hybridized carbons (Fsp3) is 0.526. The number of hydrogen-bond acceptors (Lipinski definition) is 4. The van der Waals surface area contributed by atoms with Gasteiger partial charge in [0.15, 0.2) is 0 Å². The van der Waals surface area contributed by atoms with Crippen LogP contribution in [0.1, 0.15) is 33.3 Å². The lowest BCUT2D eigenvalue weighted by Crippen LogP contribution is -2.47. The number of hydrogen-bond donors (Lipinski definition) is 2. The molecule has 2 N–H and O–H groups in total. The van der Waals surface area contributed by atoms with Gasteiger partial charge in [-0.1, -0.05) is 26.0 Å². The Morgan fingerprint density at radius 3 is 2.27 bits per heavy atom. The van der Waals surface area contributed by atoms with E-state index in [1.54, 1.807) is 24.3 Å². The largest absolute Gasteiger partial charge is 0.493 e. The van der Waals surface area contributed by atoms with Gasteiger partial charge in [0.05, 0.1) is 13.0 Å². The molecule has 0 saturated carbocycles. The topological polar surface area (TPSA) is 95.9 Å². The smallest absolute Gasteiger partial charge is 0.326 e. The minimum atomic E-state index is -1.08. The number of aliphatic carboxylic acids is 1. The van der Waals surface area contributed by atoms with E-state index in [2.05, 4.69) is 19.2 Å². The standard InChI is InChI=1S/C19H28N2O5/c1-13(2)12-26-17-7-5-16(6-8-17)11-18(23)21(14(3)19(24)25)10-9-20-15(4)22/h5-8,13-14H,9-12H2,1-4H3,(H,20,22)(H,24,25). The van der Waals surface area contributed by atoms with Crippen molar-refractivity contribution < 1.29 is 24.2 Å². The van der Waals surface area contributed by atoms with Gasteiger partial charge in [-0.15, -0.1) is 0 Å². The molecule has 1 aromatic rings. The van der Waals surface area contributed by atoms with E-state index in [1.165, 1.54) is 18.7 Å². The molecule has 1 unspecified atom stereocenters. The maximum Gasteiger partial charge on any atom is 0.326 e. The average molecular weight is 364 g/mol. The van der Waals surface area contributed by atoms with E-state index in [1.807, 2.05) is 0 Å². The lowest BCUT2D eigenvalue weighted by Gasteiger charge is -2.26. The van der Waals surface area contributed by atoms with Crippen LogP contribution in [0.2, 0.25) is 0 Å². The van der Waals surface area contributed by atoms with E-state index in [4.69, 9.17) is 4.74 Å². The van der Waals surface area contributed by atoms with Crippen molar-refractivity contribution in [3.05, 3.63) is 29.8 Å². The lowest BCUT2D eigenvalue weighted by molar-refractivity contribution is -0.149. The van der Waals surface area contributed by atoms with Gasteiger partial charge in [0.1, 0.15) is 11.8 Å². The van der Waals surface area contributed by atoms with Crippen molar-refractivity contribution in [3.63, 3.8) is 0 Å². The molecule has 1 rings (SSSR count). The third-order valence-electron chi connectivity index (χ3n) is 3.73. The molecule has 26 heavy (non-hydrogen) atoms. The zero-order valence-electron chi connectivity index (χ0n) is 15.8. The average Bonchev–Trinajstić information content (AvgIpc) is 2.57. The summed E-state index contributed by atoms with van der Waals surface area (Å²) in [4.78, 5) is 36.1. The van der Waals surface area contributed by atoms with Crippen molar-refractivity contribution in [1.29, 1.82) is 0 Å². The Hall–Kier alpha value is -2.57. The molecular formula is C19H28N2O5. The van der Waals surface area contributed by atoms with Crippen molar-refractivity contribution in [3.8, 4) is 5.75 Å². The number of amides is 2. The number of nitrogens with zero attached hydrogens (tertiary/aromatic N) is 1. The van der Waals surface area contributed by atoms with Gasteiger partial charge in [0.2, 0.25) is 11.8 Å². The van der Waals surface area contributed by atoms with Crippen LogP contribution in [-0.4, -0.2) is 53.5 Å². The summed E-state index contributed by atoms with van der Waals surface area (Å²) in [5.74, 6) is -0.459.